The van der Waals surface area contributed by atoms with Gasteiger partial charge in [-0.05, 0) is 37.1 Å². The highest BCUT2D eigenvalue weighted by molar-refractivity contribution is 5.57. The summed E-state index contributed by atoms with van der Waals surface area (Å²) >= 11 is 0. The molecule has 2 rings (SSSR count). The van der Waals surface area contributed by atoms with Crippen LogP contribution in [0.15, 0.2) is 47.8 Å². The summed E-state index contributed by atoms with van der Waals surface area (Å²) < 4.78 is 0. The van der Waals surface area contributed by atoms with Crippen molar-refractivity contribution in [2.45, 2.75) is 12.8 Å². The number of oxime groups is 1. The molecule has 0 saturated heterocycles. The molecule has 0 radical (unpaired) electrons. The van der Waals surface area contributed by atoms with Gasteiger partial charge < -0.3 is 5.21 Å². The topological polar surface area (TPSA) is 58.4 Å². The van der Waals surface area contributed by atoms with Crippen molar-refractivity contribution < 1.29 is 5.21 Å². The van der Waals surface area contributed by atoms with Crippen molar-refractivity contribution in [3.63, 3.8) is 0 Å². The molecule has 0 saturated carbocycles. The van der Waals surface area contributed by atoms with Crippen LogP contribution in [0.4, 0.5) is 0 Å². The van der Waals surface area contributed by atoms with E-state index in [0.717, 1.165) is 23.5 Å². The largest absolute Gasteiger partial charge is 0.411 e. The van der Waals surface area contributed by atoms with Gasteiger partial charge in [-0.25, -0.2) is 0 Å². The number of nitrogens with zero attached hydrogens (tertiary/aromatic N) is 3. The molecule has 17 heavy (non-hydrogen) atoms. The van der Waals surface area contributed by atoms with Gasteiger partial charge in [0.05, 0.1) is 11.4 Å². The van der Waals surface area contributed by atoms with Gasteiger partial charge >= 0.3 is 0 Å². The molecule has 0 bridgehead atoms. The first kappa shape index (κ1) is 11.3. The van der Waals surface area contributed by atoms with Crippen LogP contribution in [0.1, 0.15) is 12.1 Å². The minimum absolute atomic E-state index is 0.676. The van der Waals surface area contributed by atoms with Gasteiger partial charge in [0.1, 0.15) is 0 Å². The fourth-order valence-electron chi connectivity index (χ4n) is 1.55. The van der Waals surface area contributed by atoms with Gasteiger partial charge in [-0.15, -0.1) is 5.16 Å². The van der Waals surface area contributed by atoms with E-state index in [0.29, 0.717) is 6.42 Å². The normalized spacial score (nSPS) is 10.8. The number of pyridine rings is 2. The molecule has 4 heteroatoms. The van der Waals surface area contributed by atoms with Gasteiger partial charge in [0.2, 0.25) is 0 Å². The summed E-state index contributed by atoms with van der Waals surface area (Å²) in [4.78, 5) is 8.77. The molecule has 0 spiro atoms. The van der Waals surface area contributed by atoms with Gasteiger partial charge in [-0.1, -0.05) is 12.1 Å². The van der Waals surface area contributed by atoms with Crippen LogP contribution in [-0.2, 0) is 6.42 Å². The van der Waals surface area contributed by atoms with E-state index in [1.54, 1.807) is 6.20 Å². The van der Waals surface area contributed by atoms with Crippen molar-refractivity contribution in [2.24, 2.45) is 5.16 Å². The zero-order valence-corrected chi connectivity index (χ0v) is 9.32. The standard InChI is InChI=1S/C13H13N3O/c17-15-10-4-6-11-5-3-8-13(16-11)12-7-1-2-9-14-12/h1-3,5,7-10,17H,4,6H2. The molecular formula is C13H13N3O. The van der Waals surface area contributed by atoms with E-state index >= 15 is 0 Å². The van der Waals surface area contributed by atoms with Crippen molar-refractivity contribution in [3.05, 3.63) is 48.3 Å². The van der Waals surface area contributed by atoms with Crippen LogP contribution in [0, 0.1) is 0 Å². The quantitative estimate of drug-likeness (QED) is 0.496. The van der Waals surface area contributed by atoms with Crippen LogP contribution in [0.2, 0.25) is 0 Å². The Morgan fingerprint density at radius 2 is 2.00 bits per heavy atom. The lowest BCUT2D eigenvalue weighted by Gasteiger charge is -2.02. The SMILES string of the molecule is ON=CCCc1cccc(-c2ccccn2)n1. The Balaban J connectivity index is 2.17. The molecule has 0 amide bonds. The van der Waals surface area contributed by atoms with Gasteiger partial charge in [-0.2, -0.15) is 0 Å². The highest BCUT2D eigenvalue weighted by atomic mass is 16.4. The predicted octanol–water partition coefficient (Wildman–Crippen LogP) is 2.54. The summed E-state index contributed by atoms with van der Waals surface area (Å²) in [5.41, 5.74) is 2.70. The minimum Gasteiger partial charge on any atom is -0.411 e. The zero-order chi connectivity index (χ0) is 11.9. The average Bonchev–Trinajstić information content (AvgIpc) is 2.41. The number of hydrogen-bond acceptors (Lipinski definition) is 4. The third-order valence-corrected chi connectivity index (χ3v) is 2.35. The molecule has 2 aromatic heterocycles. The molecule has 0 aliphatic carbocycles. The van der Waals surface area contributed by atoms with E-state index in [9.17, 15) is 0 Å². The second-order valence-corrected chi connectivity index (χ2v) is 3.57. The minimum atomic E-state index is 0.676. The van der Waals surface area contributed by atoms with Gasteiger partial charge in [-0.3, -0.25) is 9.97 Å². The molecular weight excluding hydrogens is 214 g/mol. The summed E-state index contributed by atoms with van der Waals surface area (Å²) in [6.45, 7) is 0. The molecule has 0 aliphatic heterocycles. The summed E-state index contributed by atoms with van der Waals surface area (Å²) in [7, 11) is 0. The van der Waals surface area contributed by atoms with Crippen LogP contribution in [-0.4, -0.2) is 21.4 Å². The van der Waals surface area contributed by atoms with E-state index in [-0.39, 0.29) is 0 Å². The van der Waals surface area contributed by atoms with Gasteiger partial charge in [0.15, 0.2) is 0 Å². The van der Waals surface area contributed by atoms with E-state index in [2.05, 4.69) is 15.1 Å². The number of aromatic nitrogens is 2. The van der Waals surface area contributed by atoms with Crippen molar-refractivity contribution >= 4 is 6.21 Å². The first-order chi connectivity index (χ1) is 8.40. The number of aryl methyl sites for hydroxylation is 1. The fourth-order valence-corrected chi connectivity index (χ4v) is 1.55. The Hall–Kier alpha value is -2.23. The van der Waals surface area contributed by atoms with E-state index in [1.807, 2.05) is 36.4 Å². The predicted molar refractivity (Wildman–Crippen MR) is 66.1 cm³/mol. The maximum Gasteiger partial charge on any atom is 0.0889 e. The smallest absolute Gasteiger partial charge is 0.0889 e. The Kier molecular flexibility index (Phi) is 3.81. The molecule has 2 heterocycles. The van der Waals surface area contributed by atoms with Crippen LogP contribution in [0.3, 0.4) is 0 Å². The summed E-state index contributed by atoms with van der Waals surface area (Å²) in [5.74, 6) is 0. The Morgan fingerprint density at radius 3 is 2.76 bits per heavy atom. The summed E-state index contributed by atoms with van der Waals surface area (Å²) in [6, 6.07) is 11.6. The highest BCUT2D eigenvalue weighted by Crippen LogP contribution is 2.14. The second-order valence-electron chi connectivity index (χ2n) is 3.57. The summed E-state index contributed by atoms with van der Waals surface area (Å²) in [5, 5.41) is 11.3. The Bertz CT molecular complexity index is 497. The first-order valence-corrected chi connectivity index (χ1v) is 5.43. The lowest BCUT2D eigenvalue weighted by atomic mass is 10.2. The molecule has 0 unspecified atom stereocenters. The number of rotatable bonds is 4. The maximum absolute atomic E-state index is 8.32. The van der Waals surface area contributed by atoms with Gasteiger partial charge in [0.25, 0.3) is 0 Å². The van der Waals surface area contributed by atoms with Crippen molar-refractivity contribution in [3.8, 4) is 11.4 Å². The summed E-state index contributed by atoms with van der Waals surface area (Å²) in [6.07, 6.45) is 4.65. The number of hydrogen-bond donors (Lipinski definition) is 1. The lowest BCUT2D eigenvalue weighted by molar-refractivity contribution is 0.320. The monoisotopic (exact) mass is 227 g/mol. The van der Waals surface area contributed by atoms with Crippen LogP contribution in [0.5, 0.6) is 0 Å². The highest BCUT2D eigenvalue weighted by Gasteiger charge is 2.01. The lowest BCUT2D eigenvalue weighted by Crippen LogP contribution is -1.94. The van der Waals surface area contributed by atoms with E-state index in [4.69, 9.17) is 5.21 Å². The van der Waals surface area contributed by atoms with E-state index in [1.165, 1.54) is 6.21 Å². The van der Waals surface area contributed by atoms with Crippen LogP contribution in [0.25, 0.3) is 11.4 Å². The third kappa shape index (κ3) is 3.11. The molecule has 0 fully saturated rings. The van der Waals surface area contributed by atoms with Crippen molar-refractivity contribution in [1.82, 2.24) is 9.97 Å². The van der Waals surface area contributed by atoms with E-state index < -0.39 is 0 Å². The maximum atomic E-state index is 8.32. The molecule has 1 N–H and O–H groups in total. The van der Waals surface area contributed by atoms with Crippen molar-refractivity contribution in [1.29, 1.82) is 0 Å². The molecule has 4 nitrogen and oxygen atoms in total. The van der Waals surface area contributed by atoms with Crippen LogP contribution >= 0.6 is 0 Å². The molecule has 0 aliphatic rings. The fraction of sp³-hybridized carbons (Fsp3) is 0.154. The molecule has 0 atom stereocenters. The Morgan fingerprint density at radius 1 is 1.12 bits per heavy atom. The third-order valence-electron chi connectivity index (χ3n) is 2.35. The van der Waals surface area contributed by atoms with Crippen LogP contribution < -0.4 is 0 Å². The molecule has 86 valence electrons. The average molecular weight is 227 g/mol. The Labute approximate surface area is 99.7 Å². The molecule has 0 aromatic carbocycles. The zero-order valence-electron chi connectivity index (χ0n) is 9.32. The first-order valence-electron chi connectivity index (χ1n) is 5.43. The van der Waals surface area contributed by atoms with Gasteiger partial charge in [0, 0.05) is 18.1 Å². The second kappa shape index (κ2) is 5.75. The van der Waals surface area contributed by atoms with Crippen molar-refractivity contribution in [2.75, 3.05) is 0 Å². The molecule has 2 aromatic rings.